The van der Waals surface area contributed by atoms with Crippen LogP contribution < -0.4 is 15.4 Å². The Hall–Kier alpha value is -3.45. The summed E-state index contributed by atoms with van der Waals surface area (Å²) in [4.78, 5) is 2.51. The van der Waals surface area contributed by atoms with Crippen molar-refractivity contribution < 1.29 is 4.74 Å². The number of nitrogens with two attached hydrogens (primary N) is 1. The van der Waals surface area contributed by atoms with Gasteiger partial charge in [0.2, 0.25) is 0 Å². The lowest BCUT2D eigenvalue weighted by atomic mass is 9.96. The normalized spacial score (nSPS) is 16.6. The summed E-state index contributed by atoms with van der Waals surface area (Å²) < 4.78 is 6.12. The number of nitrogen functional groups attached to an aromatic ring is 1. The van der Waals surface area contributed by atoms with Crippen molar-refractivity contribution in [2.75, 3.05) is 23.8 Å². The Morgan fingerprint density at radius 2 is 1.97 bits per heavy atom. The molecule has 156 valence electrons. The molecular formula is C27H27N3O. The van der Waals surface area contributed by atoms with E-state index in [4.69, 9.17) is 10.5 Å². The highest BCUT2D eigenvalue weighted by molar-refractivity contribution is 5.81. The number of ether oxygens (including phenoxy) is 1. The minimum absolute atomic E-state index is 0.292. The van der Waals surface area contributed by atoms with E-state index in [0.29, 0.717) is 29.6 Å². The van der Waals surface area contributed by atoms with E-state index in [9.17, 15) is 5.26 Å². The molecule has 1 aliphatic carbocycles. The molecule has 1 saturated heterocycles. The zero-order chi connectivity index (χ0) is 21.4. The van der Waals surface area contributed by atoms with E-state index >= 15 is 0 Å². The molecule has 0 amide bonds. The third kappa shape index (κ3) is 3.31. The predicted octanol–water partition coefficient (Wildman–Crippen LogP) is 5.32. The van der Waals surface area contributed by atoms with Crippen molar-refractivity contribution >= 4 is 11.4 Å². The maximum atomic E-state index is 9.43. The largest absolute Gasteiger partial charge is 0.490 e. The first-order chi connectivity index (χ1) is 15.2. The molecule has 2 aliphatic rings. The standard InChI is InChI=1S/C27H27N3O/c1-2-20-23-15-18-7-3-4-9-21(18)22(23)12-13-26(20)30-14-6-8-19(30)17-31-27-11-5-10-25(29)24(27)16-28/h3-5,7,9-13,19H,2,6,8,14-15,17,29H2,1H3/t19-/m0/s1. The second-order valence-electron chi connectivity index (χ2n) is 8.41. The second-order valence-corrected chi connectivity index (χ2v) is 8.41. The molecule has 4 heteroatoms. The van der Waals surface area contributed by atoms with Gasteiger partial charge >= 0.3 is 0 Å². The smallest absolute Gasteiger partial charge is 0.139 e. The molecule has 1 atom stereocenters. The van der Waals surface area contributed by atoms with Gasteiger partial charge < -0.3 is 15.4 Å². The number of fused-ring (bicyclic) bond motifs is 3. The van der Waals surface area contributed by atoms with Crippen molar-refractivity contribution in [1.82, 2.24) is 0 Å². The maximum absolute atomic E-state index is 9.43. The van der Waals surface area contributed by atoms with Crippen LogP contribution in [0.3, 0.4) is 0 Å². The summed E-state index contributed by atoms with van der Waals surface area (Å²) in [6.07, 6.45) is 4.28. The van der Waals surface area contributed by atoms with Gasteiger partial charge in [-0.15, -0.1) is 0 Å². The molecule has 0 radical (unpaired) electrons. The second kappa shape index (κ2) is 8.00. The van der Waals surface area contributed by atoms with Crippen LogP contribution in [0.5, 0.6) is 5.75 Å². The molecule has 1 aliphatic heterocycles. The van der Waals surface area contributed by atoms with E-state index < -0.39 is 0 Å². The molecule has 0 bridgehead atoms. The Morgan fingerprint density at radius 1 is 1.10 bits per heavy atom. The summed E-state index contributed by atoms with van der Waals surface area (Å²) in [5.41, 5.74) is 15.3. The van der Waals surface area contributed by atoms with Gasteiger partial charge in [0.15, 0.2) is 0 Å². The van der Waals surface area contributed by atoms with Gasteiger partial charge in [-0.2, -0.15) is 5.26 Å². The van der Waals surface area contributed by atoms with Crippen LogP contribution in [0.2, 0.25) is 0 Å². The number of benzene rings is 3. The molecule has 0 aromatic heterocycles. The van der Waals surface area contributed by atoms with Gasteiger partial charge in [0.1, 0.15) is 24.0 Å². The first-order valence-electron chi connectivity index (χ1n) is 11.1. The molecule has 4 nitrogen and oxygen atoms in total. The van der Waals surface area contributed by atoms with Crippen molar-refractivity contribution in [3.63, 3.8) is 0 Å². The molecule has 1 fully saturated rings. The van der Waals surface area contributed by atoms with Gasteiger partial charge in [-0.05, 0) is 71.7 Å². The molecule has 2 N–H and O–H groups in total. The molecule has 0 unspecified atom stereocenters. The minimum Gasteiger partial charge on any atom is -0.490 e. The number of anilines is 2. The zero-order valence-electron chi connectivity index (χ0n) is 17.9. The summed E-state index contributed by atoms with van der Waals surface area (Å²) in [6.45, 7) is 3.85. The van der Waals surface area contributed by atoms with E-state index in [2.05, 4.69) is 54.3 Å². The number of rotatable bonds is 5. The lowest BCUT2D eigenvalue weighted by Crippen LogP contribution is -2.35. The van der Waals surface area contributed by atoms with Crippen LogP contribution >= 0.6 is 0 Å². The Bertz CT molecular complexity index is 1180. The summed E-state index contributed by atoms with van der Waals surface area (Å²) >= 11 is 0. The molecule has 1 heterocycles. The SMILES string of the molecule is CCc1c(N2CCC[C@H]2COc2cccc(N)c2C#N)ccc2c1Cc1ccccc1-2. The van der Waals surface area contributed by atoms with Crippen LogP contribution in [0, 0.1) is 11.3 Å². The summed E-state index contributed by atoms with van der Waals surface area (Å²) in [6, 6.07) is 21.2. The molecule has 0 saturated carbocycles. The number of nitrogens with zero attached hydrogens (tertiary/aromatic N) is 2. The molecule has 3 aromatic carbocycles. The van der Waals surface area contributed by atoms with Gasteiger partial charge in [0, 0.05) is 12.2 Å². The Labute approximate surface area is 183 Å². The third-order valence-electron chi connectivity index (χ3n) is 6.72. The van der Waals surface area contributed by atoms with Gasteiger partial charge in [-0.1, -0.05) is 43.3 Å². The number of nitriles is 1. The van der Waals surface area contributed by atoms with Crippen LogP contribution in [-0.2, 0) is 12.8 Å². The topological polar surface area (TPSA) is 62.3 Å². The molecule has 31 heavy (non-hydrogen) atoms. The highest BCUT2D eigenvalue weighted by Gasteiger charge is 2.30. The number of hydrogen-bond donors (Lipinski definition) is 1. The fourth-order valence-corrected chi connectivity index (χ4v) is 5.23. The summed E-state index contributed by atoms with van der Waals surface area (Å²) in [5.74, 6) is 0.578. The van der Waals surface area contributed by atoms with Crippen molar-refractivity contribution in [2.45, 2.75) is 38.6 Å². The van der Waals surface area contributed by atoms with Crippen LogP contribution in [0.15, 0.2) is 54.6 Å². The average Bonchev–Trinajstić information content (AvgIpc) is 3.41. The van der Waals surface area contributed by atoms with Crippen molar-refractivity contribution in [3.05, 3.63) is 76.9 Å². The van der Waals surface area contributed by atoms with Gasteiger partial charge in [-0.3, -0.25) is 0 Å². The highest BCUT2D eigenvalue weighted by atomic mass is 16.5. The zero-order valence-corrected chi connectivity index (χ0v) is 17.9. The van der Waals surface area contributed by atoms with E-state index in [0.717, 1.165) is 32.2 Å². The molecule has 0 spiro atoms. The van der Waals surface area contributed by atoms with Gasteiger partial charge in [0.05, 0.1) is 11.7 Å². The van der Waals surface area contributed by atoms with Crippen LogP contribution in [0.1, 0.15) is 42.0 Å². The Kier molecular flexibility index (Phi) is 5.03. The molecular weight excluding hydrogens is 382 g/mol. The Morgan fingerprint density at radius 3 is 2.81 bits per heavy atom. The number of hydrogen-bond acceptors (Lipinski definition) is 4. The van der Waals surface area contributed by atoms with Gasteiger partial charge in [0.25, 0.3) is 0 Å². The van der Waals surface area contributed by atoms with Crippen LogP contribution in [0.4, 0.5) is 11.4 Å². The van der Waals surface area contributed by atoms with Crippen molar-refractivity contribution in [2.24, 2.45) is 0 Å². The predicted molar refractivity (Wildman–Crippen MR) is 125 cm³/mol. The molecule has 3 aromatic rings. The molecule has 5 rings (SSSR count). The van der Waals surface area contributed by atoms with Crippen LogP contribution in [-0.4, -0.2) is 19.2 Å². The maximum Gasteiger partial charge on any atom is 0.139 e. The van der Waals surface area contributed by atoms with Crippen LogP contribution in [0.25, 0.3) is 11.1 Å². The first kappa shape index (κ1) is 19.5. The van der Waals surface area contributed by atoms with Crippen molar-refractivity contribution in [1.29, 1.82) is 5.26 Å². The van der Waals surface area contributed by atoms with Crippen molar-refractivity contribution in [3.8, 4) is 22.9 Å². The van der Waals surface area contributed by atoms with E-state index in [1.807, 2.05) is 12.1 Å². The fourth-order valence-electron chi connectivity index (χ4n) is 5.23. The van der Waals surface area contributed by atoms with E-state index in [1.54, 1.807) is 6.07 Å². The quantitative estimate of drug-likeness (QED) is 0.453. The highest BCUT2D eigenvalue weighted by Crippen LogP contribution is 2.43. The van der Waals surface area contributed by atoms with E-state index in [1.165, 1.54) is 33.5 Å². The first-order valence-corrected chi connectivity index (χ1v) is 11.1. The summed E-state index contributed by atoms with van der Waals surface area (Å²) in [7, 11) is 0. The minimum atomic E-state index is 0.292. The Balaban J connectivity index is 1.42. The fraction of sp³-hybridized carbons (Fsp3) is 0.296. The lowest BCUT2D eigenvalue weighted by Gasteiger charge is -2.30. The summed E-state index contributed by atoms with van der Waals surface area (Å²) in [5, 5.41) is 9.43. The van der Waals surface area contributed by atoms with Gasteiger partial charge in [-0.25, -0.2) is 0 Å². The average molecular weight is 410 g/mol. The van der Waals surface area contributed by atoms with E-state index in [-0.39, 0.29) is 0 Å². The third-order valence-corrected chi connectivity index (χ3v) is 6.72. The monoisotopic (exact) mass is 409 g/mol. The lowest BCUT2D eigenvalue weighted by molar-refractivity contribution is 0.288.